The number of hydrogen-bond acceptors (Lipinski definition) is 4. The second-order valence-electron chi connectivity index (χ2n) is 5.69. The molecule has 0 aliphatic rings. The largest absolute Gasteiger partial charge is 0.506 e. The molecule has 0 amide bonds. The summed E-state index contributed by atoms with van der Waals surface area (Å²) in [6.45, 7) is 0. The van der Waals surface area contributed by atoms with Gasteiger partial charge in [-0.2, -0.15) is 0 Å². The van der Waals surface area contributed by atoms with Crippen molar-refractivity contribution in [3.8, 4) is 5.75 Å². The minimum Gasteiger partial charge on any atom is -0.506 e. The Morgan fingerprint density at radius 2 is 1.64 bits per heavy atom. The minimum absolute atomic E-state index is 0.110. The maximum absolute atomic E-state index is 12.5. The molecule has 0 unspecified atom stereocenters. The topological polar surface area (TPSA) is 78.8 Å². The van der Waals surface area contributed by atoms with Crippen molar-refractivity contribution in [3.05, 3.63) is 79.8 Å². The number of halogens is 3. The summed E-state index contributed by atoms with van der Waals surface area (Å²) in [5, 5.41) is 10.4. The Hall–Kier alpha value is -1.81. The van der Waals surface area contributed by atoms with Gasteiger partial charge in [-0.05, 0) is 83.3 Å². The van der Waals surface area contributed by atoms with Gasteiger partial charge in [0.15, 0.2) is 0 Å². The van der Waals surface area contributed by atoms with Crippen molar-refractivity contribution in [2.24, 2.45) is 4.99 Å². The van der Waals surface area contributed by atoms with E-state index in [0.29, 0.717) is 22.0 Å². The number of aliphatic imine (C=N–C) groups is 1. The molecule has 0 saturated heterocycles. The number of hydrogen-bond donors (Lipinski definition) is 2. The monoisotopic (exact) mass is 546 g/mol. The highest BCUT2D eigenvalue weighted by Gasteiger charge is 2.14. The molecule has 3 aromatic rings. The molecule has 2 N–H and O–H groups in total. The zero-order valence-electron chi connectivity index (χ0n) is 14.1. The van der Waals surface area contributed by atoms with E-state index in [4.69, 9.17) is 23.2 Å². The van der Waals surface area contributed by atoms with Gasteiger partial charge >= 0.3 is 0 Å². The van der Waals surface area contributed by atoms with Crippen LogP contribution < -0.4 is 4.72 Å². The fraction of sp³-hybridized carbons (Fsp3) is 0. The molecular weight excluding hydrogens is 534 g/mol. The predicted octanol–water partition coefficient (Wildman–Crippen LogP) is 5.86. The van der Waals surface area contributed by atoms with Crippen LogP contribution in [0.1, 0.15) is 5.56 Å². The summed E-state index contributed by atoms with van der Waals surface area (Å²) in [6, 6.07) is 16.0. The van der Waals surface area contributed by atoms with Crippen LogP contribution in [0.3, 0.4) is 0 Å². The Labute approximate surface area is 186 Å². The number of phenols is 1. The maximum Gasteiger partial charge on any atom is 0.261 e. The van der Waals surface area contributed by atoms with E-state index in [1.807, 2.05) is 12.1 Å². The van der Waals surface area contributed by atoms with Gasteiger partial charge < -0.3 is 5.11 Å². The van der Waals surface area contributed by atoms with E-state index in [9.17, 15) is 13.5 Å². The van der Waals surface area contributed by atoms with Gasteiger partial charge in [0.25, 0.3) is 10.0 Å². The van der Waals surface area contributed by atoms with Crippen molar-refractivity contribution in [2.75, 3.05) is 4.72 Å². The Morgan fingerprint density at radius 3 is 2.29 bits per heavy atom. The summed E-state index contributed by atoms with van der Waals surface area (Å²) in [6.07, 6.45) is 1.40. The lowest BCUT2D eigenvalue weighted by Crippen LogP contribution is -2.12. The second kappa shape index (κ2) is 8.69. The van der Waals surface area contributed by atoms with Crippen LogP contribution in [0.2, 0.25) is 10.0 Å². The number of benzene rings is 3. The van der Waals surface area contributed by atoms with Crippen LogP contribution in [0.25, 0.3) is 0 Å². The smallest absolute Gasteiger partial charge is 0.261 e. The van der Waals surface area contributed by atoms with Gasteiger partial charge in [-0.1, -0.05) is 23.2 Å². The van der Waals surface area contributed by atoms with Gasteiger partial charge in [0.2, 0.25) is 0 Å². The lowest BCUT2D eigenvalue weighted by atomic mass is 10.2. The summed E-state index contributed by atoms with van der Waals surface area (Å²) in [4.78, 5) is 4.33. The molecule has 3 aromatic carbocycles. The molecule has 3 rings (SSSR count). The van der Waals surface area contributed by atoms with Gasteiger partial charge in [-0.3, -0.25) is 9.71 Å². The Balaban J connectivity index is 1.78. The molecule has 0 atom stereocenters. The van der Waals surface area contributed by atoms with E-state index in [2.05, 4.69) is 32.3 Å². The molecule has 5 nitrogen and oxygen atoms in total. The number of rotatable bonds is 5. The second-order valence-corrected chi connectivity index (χ2v) is 9.46. The number of anilines is 1. The third-order valence-corrected chi connectivity index (χ3v) is 6.28. The van der Waals surface area contributed by atoms with Crippen molar-refractivity contribution in [3.63, 3.8) is 0 Å². The maximum atomic E-state index is 12.5. The molecule has 0 saturated carbocycles. The Kier molecular flexibility index (Phi) is 6.49. The van der Waals surface area contributed by atoms with Crippen molar-refractivity contribution < 1.29 is 13.5 Å². The fourth-order valence-electron chi connectivity index (χ4n) is 2.27. The van der Waals surface area contributed by atoms with E-state index < -0.39 is 10.0 Å². The first-order valence-corrected chi connectivity index (χ1v) is 11.2. The van der Waals surface area contributed by atoms with Gasteiger partial charge in [0.1, 0.15) is 5.75 Å². The fourth-order valence-corrected chi connectivity index (χ4v) is 4.20. The number of nitrogens with zero attached hydrogens (tertiary/aromatic N) is 1. The van der Waals surface area contributed by atoms with E-state index in [0.717, 1.165) is 3.57 Å². The molecule has 0 heterocycles. The Bertz CT molecular complexity index is 1130. The average molecular weight is 547 g/mol. The molecule has 9 heteroatoms. The predicted molar refractivity (Wildman–Crippen MR) is 122 cm³/mol. The highest BCUT2D eigenvalue weighted by molar-refractivity contribution is 14.1. The van der Waals surface area contributed by atoms with Crippen LogP contribution in [-0.4, -0.2) is 19.7 Å². The van der Waals surface area contributed by atoms with Crippen molar-refractivity contribution in [1.29, 1.82) is 0 Å². The number of sulfonamides is 1. The third kappa shape index (κ3) is 5.16. The third-order valence-electron chi connectivity index (χ3n) is 3.65. The minimum atomic E-state index is -3.71. The van der Waals surface area contributed by atoms with Crippen molar-refractivity contribution in [1.82, 2.24) is 0 Å². The van der Waals surface area contributed by atoms with Crippen LogP contribution in [0, 0.1) is 3.57 Å². The van der Waals surface area contributed by atoms with Crippen LogP contribution in [-0.2, 0) is 10.0 Å². The Morgan fingerprint density at radius 1 is 1.00 bits per heavy atom. The van der Waals surface area contributed by atoms with E-state index in [1.165, 1.54) is 30.5 Å². The quantitative estimate of drug-likeness (QED) is 0.311. The molecule has 28 heavy (non-hydrogen) atoms. The van der Waals surface area contributed by atoms with Crippen LogP contribution in [0.4, 0.5) is 11.4 Å². The average Bonchev–Trinajstić information content (AvgIpc) is 2.65. The standard InChI is InChI=1S/C19H13Cl2IN2O3S/c20-13-9-12(19(25)18(21)10-13)11-23-15-5-7-17(8-6-15)28(26,27)24-16-3-1-14(22)2-4-16/h1-11,24-25H. The molecule has 0 fully saturated rings. The molecule has 144 valence electrons. The normalized spacial score (nSPS) is 11.7. The van der Waals surface area contributed by atoms with Crippen molar-refractivity contribution in [2.45, 2.75) is 4.90 Å². The summed E-state index contributed by atoms with van der Waals surface area (Å²) in [5.74, 6) is -0.129. The van der Waals surface area contributed by atoms with Gasteiger partial charge in [0.05, 0.1) is 15.6 Å². The summed E-state index contributed by atoms with van der Waals surface area (Å²) >= 11 is 13.9. The van der Waals surface area contributed by atoms with E-state index >= 15 is 0 Å². The first kappa shape index (κ1) is 20.9. The summed E-state index contributed by atoms with van der Waals surface area (Å²) < 4.78 is 28.5. The number of aromatic hydroxyl groups is 1. The molecular formula is C19H13Cl2IN2O3S. The first-order chi connectivity index (χ1) is 13.2. The highest BCUT2D eigenvalue weighted by atomic mass is 127. The van der Waals surface area contributed by atoms with Crippen LogP contribution in [0.5, 0.6) is 5.75 Å². The summed E-state index contributed by atoms with van der Waals surface area (Å²) in [5.41, 5.74) is 1.34. The molecule has 0 aromatic heterocycles. The molecule has 0 aliphatic heterocycles. The van der Waals surface area contributed by atoms with Gasteiger partial charge in [-0.15, -0.1) is 0 Å². The van der Waals surface area contributed by atoms with Crippen molar-refractivity contribution >= 4 is 73.4 Å². The number of phenolic OH excluding ortho intramolecular Hbond substituents is 1. The highest BCUT2D eigenvalue weighted by Crippen LogP contribution is 2.30. The van der Waals surface area contributed by atoms with Crippen LogP contribution >= 0.6 is 45.8 Å². The van der Waals surface area contributed by atoms with Gasteiger partial charge in [-0.25, -0.2) is 8.42 Å². The first-order valence-electron chi connectivity index (χ1n) is 7.85. The molecule has 0 spiro atoms. The van der Waals surface area contributed by atoms with Crippen LogP contribution in [0.15, 0.2) is 70.6 Å². The lowest BCUT2D eigenvalue weighted by molar-refractivity contribution is 0.475. The zero-order valence-corrected chi connectivity index (χ0v) is 18.6. The zero-order chi connectivity index (χ0) is 20.3. The SMILES string of the molecule is O=S(=O)(Nc1ccc(I)cc1)c1ccc(N=Cc2cc(Cl)cc(Cl)c2O)cc1. The van der Waals surface area contributed by atoms with E-state index in [-0.39, 0.29) is 15.7 Å². The van der Waals surface area contributed by atoms with Gasteiger partial charge in [0, 0.05) is 26.1 Å². The molecule has 0 radical (unpaired) electrons. The molecule has 0 aliphatic carbocycles. The molecule has 0 bridgehead atoms. The summed E-state index contributed by atoms with van der Waals surface area (Å²) in [7, 11) is -3.71. The van der Waals surface area contributed by atoms with E-state index in [1.54, 1.807) is 24.3 Å². The lowest BCUT2D eigenvalue weighted by Gasteiger charge is -2.08. The number of nitrogens with one attached hydrogen (secondary N) is 1.